The summed E-state index contributed by atoms with van der Waals surface area (Å²) in [5.41, 5.74) is 0. The Bertz CT molecular complexity index is 395. The maximum Gasteiger partial charge on any atom is 0.191 e. The van der Waals surface area contributed by atoms with Crippen LogP contribution in [0.15, 0.2) is 4.99 Å². The van der Waals surface area contributed by atoms with Crippen molar-refractivity contribution in [3.63, 3.8) is 0 Å². The maximum absolute atomic E-state index is 5.42. The first-order valence-corrected chi connectivity index (χ1v) is 9.51. The molecule has 0 aromatic rings. The molecule has 6 heteroatoms. The van der Waals surface area contributed by atoms with E-state index in [-0.39, 0.29) is 0 Å². The second kappa shape index (κ2) is 9.59. The number of aliphatic imine (C=N–C) groups is 1. The number of hydrogen-bond acceptors (Lipinski definition) is 4. The zero-order valence-electron chi connectivity index (χ0n) is 16.2. The molecular formula is C18H37N5O. The van der Waals surface area contributed by atoms with Crippen LogP contribution in [0, 0.1) is 11.8 Å². The van der Waals surface area contributed by atoms with Gasteiger partial charge in [-0.1, -0.05) is 13.8 Å². The fraction of sp³-hybridized carbons (Fsp3) is 0.944. The van der Waals surface area contributed by atoms with Gasteiger partial charge in [0.05, 0.1) is 13.2 Å². The Balaban J connectivity index is 1.72. The number of hydrogen-bond donors (Lipinski definition) is 2. The second-order valence-corrected chi connectivity index (χ2v) is 7.75. The van der Waals surface area contributed by atoms with Crippen LogP contribution in [0.25, 0.3) is 0 Å². The highest BCUT2D eigenvalue weighted by Gasteiger charge is 2.31. The number of nitrogens with one attached hydrogen (secondary N) is 2. The third-order valence-electron chi connectivity index (χ3n) is 5.21. The van der Waals surface area contributed by atoms with E-state index in [9.17, 15) is 0 Å². The van der Waals surface area contributed by atoms with E-state index < -0.39 is 0 Å². The van der Waals surface area contributed by atoms with Crippen molar-refractivity contribution in [1.29, 1.82) is 0 Å². The van der Waals surface area contributed by atoms with Crippen LogP contribution in [-0.4, -0.2) is 87.4 Å². The molecule has 6 nitrogen and oxygen atoms in total. The Morgan fingerprint density at radius 2 is 1.92 bits per heavy atom. The zero-order chi connectivity index (χ0) is 17.5. The molecule has 2 heterocycles. The van der Waals surface area contributed by atoms with Gasteiger partial charge in [0.2, 0.25) is 0 Å². The topological polar surface area (TPSA) is 52.1 Å². The fourth-order valence-electron chi connectivity index (χ4n) is 3.54. The number of nitrogens with zero attached hydrogens (tertiary/aromatic N) is 3. The van der Waals surface area contributed by atoms with Crippen molar-refractivity contribution in [2.75, 3.05) is 59.5 Å². The Kier molecular flexibility index (Phi) is 7.78. The van der Waals surface area contributed by atoms with Crippen molar-refractivity contribution in [3.8, 4) is 0 Å². The number of morpholine rings is 1. The van der Waals surface area contributed by atoms with Gasteiger partial charge in [0, 0.05) is 58.4 Å². The summed E-state index contributed by atoms with van der Waals surface area (Å²) in [6, 6.07) is 1.09. The number of ether oxygens (including phenoxy) is 1. The summed E-state index contributed by atoms with van der Waals surface area (Å²) in [7, 11) is 1.86. The first-order valence-electron chi connectivity index (χ1n) is 9.51. The van der Waals surface area contributed by atoms with Crippen molar-refractivity contribution in [2.45, 2.75) is 39.8 Å². The number of rotatable bonds is 6. The lowest BCUT2D eigenvalue weighted by atomic mass is 10.1. The third-order valence-corrected chi connectivity index (χ3v) is 5.21. The summed E-state index contributed by atoms with van der Waals surface area (Å²) >= 11 is 0. The first kappa shape index (κ1) is 19.5. The molecule has 2 fully saturated rings. The summed E-state index contributed by atoms with van der Waals surface area (Å²) in [5.74, 6) is 2.18. The maximum atomic E-state index is 5.42. The highest BCUT2D eigenvalue weighted by molar-refractivity contribution is 5.80. The van der Waals surface area contributed by atoms with Gasteiger partial charge in [-0.15, -0.1) is 0 Å². The largest absolute Gasteiger partial charge is 0.379 e. The third kappa shape index (κ3) is 5.90. The summed E-state index contributed by atoms with van der Waals surface area (Å²) in [4.78, 5) is 9.45. The number of guanidine groups is 1. The minimum absolute atomic E-state index is 0.480. The highest BCUT2D eigenvalue weighted by atomic mass is 16.5. The van der Waals surface area contributed by atoms with Gasteiger partial charge >= 0.3 is 0 Å². The SMILES string of the molecule is CN=C(NCC(C)CN1CCOCC1)NC1CN(C(C)C)CC1C. The molecule has 2 saturated heterocycles. The molecule has 0 aromatic heterocycles. The minimum Gasteiger partial charge on any atom is -0.379 e. The Morgan fingerprint density at radius 1 is 1.21 bits per heavy atom. The molecule has 3 atom stereocenters. The van der Waals surface area contributed by atoms with E-state index in [0.717, 1.165) is 51.9 Å². The van der Waals surface area contributed by atoms with E-state index in [1.54, 1.807) is 0 Å². The molecule has 2 aliphatic heterocycles. The van der Waals surface area contributed by atoms with Gasteiger partial charge in [-0.05, 0) is 25.7 Å². The molecule has 2 N–H and O–H groups in total. The van der Waals surface area contributed by atoms with Gasteiger partial charge in [0.15, 0.2) is 5.96 Å². The Labute approximate surface area is 148 Å². The van der Waals surface area contributed by atoms with E-state index >= 15 is 0 Å². The first-order chi connectivity index (χ1) is 11.5. The molecule has 2 rings (SSSR count). The van der Waals surface area contributed by atoms with Gasteiger partial charge in [-0.25, -0.2) is 0 Å². The van der Waals surface area contributed by atoms with Crippen LogP contribution >= 0.6 is 0 Å². The summed E-state index contributed by atoms with van der Waals surface area (Å²) < 4.78 is 5.42. The van der Waals surface area contributed by atoms with E-state index in [4.69, 9.17) is 4.74 Å². The Hall–Kier alpha value is -0.850. The predicted molar refractivity (Wildman–Crippen MR) is 101 cm³/mol. The molecule has 24 heavy (non-hydrogen) atoms. The van der Waals surface area contributed by atoms with Gasteiger partial charge in [-0.2, -0.15) is 0 Å². The van der Waals surface area contributed by atoms with Crippen LogP contribution in [0.3, 0.4) is 0 Å². The monoisotopic (exact) mass is 339 g/mol. The lowest BCUT2D eigenvalue weighted by Crippen LogP contribution is -2.48. The van der Waals surface area contributed by atoms with Gasteiger partial charge in [0.25, 0.3) is 0 Å². The molecule has 0 aliphatic carbocycles. The van der Waals surface area contributed by atoms with Gasteiger partial charge in [0.1, 0.15) is 0 Å². The van der Waals surface area contributed by atoms with Gasteiger partial charge in [-0.3, -0.25) is 14.8 Å². The second-order valence-electron chi connectivity index (χ2n) is 7.75. The average Bonchev–Trinajstić information content (AvgIpc) is 2.93. The van der Waals surface area contributed by atoms with E-state index in [2.05, 4.69) is 53.1 Å². The molecular weight excluding hydrogens is 302 g/mol. The Morgan fingerprint density at radius 3 is 2.50 bits per heavy atom. The highest BCUT2D eigenvalue weighted by Crippen LogP contribution is 2.18. The normalized spacial score (nSPS) is 28.3. The lowest BCUT2D eigenvalue weighted by molar-refractivity contribution is 0.0320. The van der Waals surface area contributed by atoms with Crippen molar-refractivity contribution in [2.24, 2.45) is 16.8 Å². The van der Waals surface area contributed by atoms with Crippen LogP contribution in [0.1, 0.15) is 27.7 Å². The molecule has 0 spiro atoms. The van der Waals surface area contributed by atoms with Crippen molar-refractivity contribution in [3.05, 3.63) is 0 Å². The van der Waals surface area contributed by atoms with Crippen LogP contribution in [0.5, 0.6) is 0 Å². The zero-order valence-corrected chi connectivity index (χ0v) is 16.2. The molecule has 0 saturated carbocycles. The summed E-state index contributed by atoms with van der Waals surface area (Å²) in [5, 5.41) is 7.14. The molecule has 3 unspecified atom stereocenters. The molecule has 0 aromatic carbocycles. The smallest absolute Gasteiger partial charge is 0.191 e. The van der Waals surface area contributed by atoms with Crippen molar-refractivity contribution in [1.82, 2.24) is 20.4 Å². The molecule has 0 bridgehead atoms. The summed E-state index contributed by atoms with van der Waals surface area (Å²) in [6.07, 6.45) is 0. The number of likely N-dealkylation sites (tertiary alicyclic amines) is 1. The molecule has 0 radical (unpaired) electrons. The van der Waals surface area contributed by atoms with E-state index in [1.165, 1.54) is 6.54 Å². The standard InChI is InChI=1S/C18H37N5O/c1-14(2)23-12-16(4)17(13-23)21-18(19-5)20-10-15(3)11-22-6-8-24-9-7-22/h14-17H,6-13H2,1-5H3,(H2,19,20,21). The van der Waals surface area contributed by atoms with E-state index in [1.807, 2.05) is 7.05 Å². The quantitative estimate of drug-likeness (QED) is 0.555. The fourth-order valence-corrected chi connectivity index (χ4v) is 3.54. The minimum atomic E-state index is 0.480. The van der Waals surface area contributed by atoms with Crippen LogP contribution in [0.4, 0.5) is 0 Å². The van der Waals surface area contributed by atoms with Crippen LogP contribution < -0.4 is 10.6 Å². The van der Waals surface area contributed by atoms with Crippen LogP contribution in [-0.2, 0) is 4.74 Å². The van der Waals surface area contributed by atoms with Gasteiger partial charge < -0.3 is 15.4 Å². The van der Waals surface area contributed by atoms with Crippen molar-refractivity contribution < 1.29 is 4.74 Å². The summed E-state index contributed by atoms with van der Waals surface area (Å²) in [6.45, 7) is 17.4. The van der Waals surface area contributed by atoms with E-state index in [0.29, 0.717) is 23.9 Å². The van der Waals surface area contributed by atoms with Crippen molar-refractivity contribution >= 4 is 5.96 Å². The predicted octanol–water partition coefficient (Wildman–Crippen LogP) is 0.848. The average molecular weight is 340 g/mol. The molecule has 2 aliphatic rings. The lowest BCUT2D eigenvalue weighted by Gasteiger charge is -2.29. The van der Waals surface area contributed by atoms with Crippen LogP contribution in [0.2, 0.25) is 0 Å². The molecule has 0 amide bonds. The molecule has 140 valence electrons.